The Labute approximate surface area is 163 Å². The minimum atomic E-state index is -0.433. The predicted molar refractivity (Wildman–Crippen MR) is 108 cm³/mol. The molecule has 0 saturated heterocycles. The first kappa shape index (κ1) is 18.0. The number of aromatic nitrogens is 1. The maximum atomic E-state index is 12.6. The molecule has 0 aliphatic carbocycles. The van der Waals surface area contributed by atoms with Gasteiger partial charge in [0, 0.05) is 52.6 Å². The number of fused-ring (bicyclic) bond motifs is 2. The van der Waals surface area contributed by atoms with Gasteiger partial charge < -0.3 is 0 Å². The van der Waals surface area contributed by atoms with Crippen LogP contribution in [0.5, 0.6) is 0 Å². The molecule has 4 rings (SSSR count). The van der Waals surface area contributed by atoms with Crippen molar-refractivity contribution in [2.75, 3.05) is 11.9 Å². The molecule has 0 unspecified atom stereocenters. The van der Waals surface area contributed by atoms with E-state index >= 15 is 0 Å². The molecule has 0 bridgehead atoms. The van der Waals surface area contributed by atoms with Gasteiger partial charge in [-0.3, -0.25) is 25.1 Å². The van der Waals surface area contributed by atoms with Gasteiger partial charge in [0.1, 0.15) is 0 Å². The van der Waals surface area contributed by atoms with E-state index in [2.05, 4.69) is 29.0 Å². The van der Waals surface area contributed by atoms with Crippen molar-refractivity contribution in [1.82, 2.24) is 9.88 Å². The summed E-state index contributed by atoms with van der Waals surface area (Å²) in [6.45, 7) is 6.21. The van der Waals surface area contributed by atoms with Gasteiger partial charge in [0.25, 0.3) is 11.6 Å². The van der Waals surface area contributed by atoms with Crippen LogP contribution in [0.3, 0.4) is 0 Å². The number of anilines is 1. The standard InChI is InChI=1S/C18H18N4O3S2/c1-10(2)21-6-5-13-16(9-21)27-18(19-13)20-17(23)15-8-11-7-12(22(24)25)3-4-14(11)26-15/h3-4,7-8,10H,5-6,9H2,1-2H3,(H,19,20,23). The van der Waals surface area contributed by atoms with E-state index in [1.807, 2.05) is 0 Å². The maximum Gasteiger partial charge on any atom is 0.270 e. The number of nitrogens with zero attached hydrogens (tertiary/aromatic N) is 3. The van der Waals surface area contributed by atoms with E-state index in [0.29, 0.717) is 21.4 Å². The first-order valence-electron chi connectivity index (χ1n) is 8.62. The lowest BCUT2D eigenvalue weighted by Crippen LogP contribution is -2.35. The number of carbonyl (C=O) groups excluding carboxylic acids is 1. The summed E-state index contributed by atoms with van der Waals surface area (Å²) in [5.74, 6) is -0.231. The van der Waals surface area contributed by atoms with Crippen molar-refractivity contribution in [2.45, 2.75) is 32.9 Å². The Morgan fingerprint density at radius 1 is 1.33 bits per heavy atom. The van der Waals surface area contributed by atoms with Crippen molar-refractivity contribution in [3.05, 3.63) is 49.8 Å². The lowest BCUT2D eigenvalue weighted by molar-refractivity contribution is -0.384. The van der Waals surface area contributed by atoms with E-state index in [1.54, 1.807) is 12.1 Å². The van der Waals surface area contributed by atoms with E-state index in [-0.39, 0.29) is 11.6 Å². The Balaban J connectivity index is 1.53. The number of hydrogen-bond acceptors (Lipinski definition) is 7. The number of hydrogen-bond donors (Lipinski definition) is 1. The number of thiazole rings is 1. The molecule has 0 saturated carbocycles. The van der Waals surface area contributed by atoms with E-state index in [0.717, 1.165) is 29.9 Å². The largest absolute Gasteiger partial charge is 0.297 e. The van der Waals surface area contributed by atoms with E-state index in [1.165, 1.54) is 39.7 Å². The quantitative estimate of drug-likeness (QED) is 0.520. The van der Waals surface area contributed by atoms with Crippen LogP contribution in [0.25, 0.3) is 10.1 Å². The van der Waals surface area contributed by atoms with Crippen molar-refractivity contribution in [3.8, 4) is 0 Å². The molecular formula is C18H18N4O3S2. The van der Waals surface area contributed by atoms with Gasteiger partial charge in [0.15, 0.2) is 5.13 Å². The number of carbonyl (C=O) groups is 1. The second-order valence-corrected chi connectivity index (χ2v) is 8.91. The number of rotatable bonds is 4. The Morgan fingerprint density at radius 2 is 2.15 bits per heavy atom. The van der Waals surface area contributed by atoms with E-state index in [4.69, 9.17) is 0 Å². The average Bonchev–Trinajstić information content (AvgIpc) is 3.23. The average molecular weight is 403 g/mol. The van der Waals surface area contributed by atoms with Gasteiger partial charge in [-0.25, -0.2) is 4.98 Å². The normalized spacial score (nSPS) is 14.5. The van der Waals surface area contributed by atoms with Crippen molar-refractivity contribution >= 4 is 49.5 Å². The minimum Gasteiger partial charge on any atom is -0.297 e. The second kappa shape index (κ2) is 6.99. The molecule has 27 heavy (non-hydrogen) atoms. The topological polar surface area (TPSA) is 88.4 Å². The van der Waals surface area contributed by atoms with Crippen LogP contribution in [0.1, 0.15) is 34.1 Å². The number of nitrogens with one attached hydrogen (secondary N) is 1. The number of nitro groups is 1. The van der Waals surface area contributed by atoms with Crippen molar-refractivity contribution in [3.63, 3.8) is 0 Å². The summed E-state index contributed by atoms with van der Waals surface area (Å²) in [5, 5.41) is 15.1. The number of non-ortho nitro benzene ring substituents is 1. The van der Waals surface area contributed by atoms with Crippen LogP contribution in [-0.2, 0) is 13.0 Å². The Kier molecular flexibility index (Phi) is 4.67. The molecule has 1 aliphatic heterocycles. The van der Waals surface area contributed by atoms with Crippen LogP contribution in [0, 0.1) is 10.1 Å². The van der Waals surface area contributed by atoms with Gasteiger partial charge in [0.05, 0.1) is 15.5 Å². The number of benzene rings is 1. The smallest absolute Gasteiger partial charge is 0.270 e. The van der Waals surface area contributed by atoms with Gasteiger partial charge in [-0.05, 0) is 26.0 Å². The van der Waals surface area contributed by atoms with Crippen LogP contribution >= 0.6 is 22.7 Å². The van der Waals surface area contributed by atoms with Crippen molar-refractivity contribution in [2.24, 2.45) is 0 Å². The summed E-state index contributed by atoms with van der Waals surface area (Å²) in [5.41, 5.74) is 1.09. The van der Waals surface area contributed by atoms with Gasteiger partial charge in [0.2, 0.25) is 0 Å². The lowest BCUT2D eigenvalue weighted by atomic mass is 10.1. The van der Waals surface area contributed by atoms with E-state index in [9.17, 15) is 14.9 Å². The summed E-state index contributed by atoms with van der Waals surface area (Å²) in [6.07, 6.45) is 0.895. The minimum absolute atomic E-state index is 0.0227. The van der Waals surface area contributed by atoms with Gasteiger partial charge >= 0.3 is 0 Å². The van der Waals surface area contributed by atoms with Gasteiger partial charge in [-0.1, -0.05) is 0 Å². The highest BCUT2D eigenvalue weighted by Gasteiger charge is 2.23. The molecule has 1 aliphatic rings. The Bertz CT molecular complexity index is 1040. The summed E-state index contributed by atoms with van der Waals surface area (Å²) in [7, 11) is 0. The third kappa shape index (κ3) is 3.58. The van der Waals surface area contributed by atoms with Crippen LogP contribution in [0.4, 0.5) is 10.8 Å². The summed E-state index contributed by atoms with van der Waals surface area (Å²) in [4.78, 5) is 31.8. The van der Waals surface area contributed by atoms with Crippen molar-refractivity contribution < 1.29 is 9.72 Å². The highest BCUT2D eigenvalue weighted by Crippen LogP contribution is 2.32. The Hall–Kier alpha value is -2.36. The third-order valence-corrected chi connectivity index (χ3v) is 6.76. The number of amides is 1. The summed E-state index contributed by atoms with van der Waals surface area (Å²) in [6, 6.07) is 6.80. The summed E-state index contributed by atoms with van der Waals surface area (Å²) < 4.78 is 0.844. The molecule has 1 amide bonds. The molecule has 140 valence electrons. The highest BCUT2D eigenvalue weighted by molar-refractivity contribution is 7.21. The van der Waals surface area contributed by atoms with Gasteiger partial charge in [-0.2, -0.15) is 0 Å². The fourth-order valence-corrected chi connectivity index (χ4v) is 5.09. The highest BCUT2D eigenvalue weighted by atomic mass is 32.1. The zero-order valence-corrected chi connectivity index (χ0v) is 16.5. The van der Waals surface area contributed by atoms with Crippen LogP contribution in [0.2, 0.25) is 0 Å². The maximum absolute atomic E-state index is 12.6. The first-order valence-corrected chi connectivity index (χ1v) is 10.3. The summed E-state index contributed by atoms with van der Waals surface area (Å²) >= 11 is 2.84. The van der Waals surface area contributed by atoms with Crippen LogP contribution in [0.15, 0.2) is 24.3 Å². The molecule has 0 atom stereocenters. The van der Waals surface area contributed by atoms with Crippen molar-refractivity contribution in [1.29, 1.82) is 0 Å². The first-order chi connectivity index (χ1) is 12.9. The second-order valence-electron chi connectivity index (χ2n) is 6.75. The molecule has 9 heteroatoms. The molecule has 0 spiro atoms. The molecular weight excluding hydrogens is 384 g/mol. The lowest BCUT2D eigenvalue weighted by Gasteiger charge is -2.29. The molecule has 0 radical (unpaired) electrons. The predicted octanol–water partition coefficient (Wildman–Crippen LogP) is 4.28. The number of nitro benzene ring substituents is 1. The molecule has 7 nitrogen and oxygen atoms in total. The van der Waals surface area contributed by atoms with Crippen LogP contribution < -0.4 is 5.32 Å². The molecule has 1 N–H and O–H groups in total. The Morgan fingerprint density at radius 3 is 2.89 bits per heavy atom. The fraction of sp³-hybridized carbons (Fsp3) is 0.333. The molecule has 0 fully saturated rings. The monoisotopic (exact) mass is 402 g/mol. The van der Waals surface area contributed by atoms with Gasteiger partial charge in [-0.15, -0.1) is 22.7 Å². The zero-order chi connectivity index (χ0) is 19.1. The zero-order valence-electron chi connectivity index (χ0n) is 14.9. The molecule has 1 aromatic carbocycles. The SMILES string of the molecule is CC(C)N1CCc2nc(NC(=O)c3cc4cc([N+](=O)[O-])ccc4s3)sc2C1. The molecule has 2 aromatic heterocycles. The third-order valence-electron chi connectivity index (χ3n) is 4.65. The molecule has 3 aromatic rings. The number of thiophene rings is 1. The van der Waals surface area contributed by atoms with E-state index < -0.39 is 4.92 Å². The fourth-order valence-electron chi connectivity index (χ4n) is 3.12. The molecule has 3 heterocycles. The van der Waals surface area contributed by atoms with Crippen LogP contribution in [-0.4, -0.2) is 33.3 Å².